The number of nitrogens with zero attached hydrogens (tertiary/aromatic N) is 4. The zero-order valence-corrected chi connectivity index (χ0v) is 16.9. The van der Waals surface area contributed by atoms with E-state index in [9.17, 15) is 14.3 Å². The van der Waals surface area contributed by atoms with E-state index in [-0.39, 0.29) is 30.0 Å². The van der Waals surface area contributed by atoms with Gasteiger partial charge in [-0.3, -0.25) is 9.78 Å². The van der Waals surface area contributed by atoms with Crippen molar-refractivity contribution in [1.29, 1.82) is 0 Å². The van der Waals surface area contributed by atoms with Crippen molar-refractivity contribution in [1.82, 2.24) is 19.2 Å². The first kappa shape index (κ1) is 19.8. The number of methoxy groups -OCH3 is 1. The molecule has 0 atom stereocenters. The molecule has 4 rings (SSSR count). The Morgan fingerprint density at radius 3 is 2.57 bits per heavy atom. The van der Waals surface area contributed by atoms with Crippen LogP contribution in [-0.2, 0) is 13.2 Å². The Bertz CT molecular complexity index is 1290. The summed E-state index contributed by atoms with van der Waals surface area (Å²) in [5.74, 6) is 0.375. The van der Waals surface area contributed by atoms with E-state index < -0.39 is 0 Å². The van der Waals surface area contributed by atoms with Crippen molar-refractivity contribution in [3.8, 4) is 17.0 Å². The number of ether oxygens (including phenoxy) is 1. The molecule has 0 bridgehead atoms. The number of aliphatic hydroxyl groups excluding tert-OH is 1. The van der Waals surface area contributed by atoms with Crippen molar-refractivity contribution in [3.63, 3.8) is 0 Å². The molecule has 30 heavy (non-hydrogen) atoms. The molecule has 0 saturated carbocycles. The Morgan fingerprint density at radius 1 is 1.17 bits per heavy atom. The van der Waals surface area contributed by atoms with E-state index in [1.807, 2.05) is 13.8 Å². The van der Waals surface area contributed by atoms with Crippen LogP contribution in [0.25, 0.3) is 16.8 Å². The molecular weight excluding hydrogens is 387 g/mol. The smallest absolute Gasteiger partial charge is 0.277 e. The Morgan fingerprint density at radius 2 is 1.90 bits per heavy atom. The van der Waals surface area contributed by atoms with Gasteiger partial charge in [0, 0.05) is 40.8 Å². The van der Waals surface area contributed by atoms with Crippen molar-refractivity contribution in [3.05, 3.63) is 81.4 Å². The number of fused-ring (bicyclic) bond motifs is 1. The fraction of sp³-hybridized carbons (Fsp3) is 0.227. The Kier molecular flexibility index (Phi) is 5.09. The number of rotatable bonds is 5. The third-order valence-electron chi connectivity index (χ3n) is 5.21. The summed E-state index contributed by atoms with van der Waals surface area (Å²) in [6, 6.07) is 5.78. The fourth-order valence-corrected chi connectivity index (χ4v) is 3.66. The Hall–Kier alpha value is -3.52. The van der Waals surface area contributed by atoms with Gasteiger partial charge in [0.1, 0.15) is 17.1 Å². The standard InChI is InChI=1S/C22H21FN4O3/c1-13-10-24-18(14(2)21(13)30-3)11-26-8-9-27-20(22(26)29)17(12-28)19(25-27)15-4-6-16(23)7-5-15/h4-10,28H,11-12H2,1-3H3. The molecule has 0 unspecified atom stereocenters. The van der Waals surface area contributed by atoms with Gasteiger partial charge in [0.05, 0.1) is 31.6 Å². The highest BCUT2D eigenvalue weighted by atomic mass is 19.1. The number of aliphatic hydroxyl groups is 1. The van der Waals surface area contributed by atoms with Crippen LogP contribution in [0.2, 0.25) is 0 Å². The number of benzene rings is 1. The molecule has 0 aliphatic carbocycles. The molecule has 3 aromatic heterocycles. The monoisotopic (exact) mass is 408 g/mol. The molecule has 7 nitrogen and oxygen atoms in total. The Labute approximate surface area is 172 Å². The summed E-state index contributed by atoms with van der Waals surface area (Å²) in [5.41, 5.74) is 3.93. The van der Waals surface area contributed by atoms with Crippen molar-refractivity contribution in [2.45, 2.75) is 27.0 Å². The molecule has 0 saturated heterocycles. The molecule has 4 aromatic rings. The molecule has 3 heterocycles. The largest absolute Gasteiger partial charge is 0.496 e. The van der Waals surface area contributed by atoms with Crippen molar-refractivity contribution in [2.75, 3.05) is 7.11 Å². The van der Waals surface area contributed by atoms with Gasteiger partial charge in [-0.25, -0.2) is 8.91 Å². The van der Waals surface area contributed by atoms with Crippen LogP contribution in [0.1, 0.15) is 22.4 Å². The molecule has 8 heteroatoms. The van der Waals surface area contributed by atoms with Crippen LogP contribution in [-0.4, -0.2) is 31.4 Å². The lowest BCUT2D eigenvalue weighted by atomic mass is 10.1. The highest BCUT2D eigenvalue weighted by molar-refractivity contribution is 5.72. The fourth-order valence-electron chi connectivity index (χ4n) is 3.66. The molecule has 1 N–H and O–H groups in total. The van der Waals surface area contributed by atoms with E-state index in [1.165, 1.54) is 21.2 Å². The topological polar surface area (TPSA) is 81.7 Å². The predicted molar refractivity (Wildman–Crippen MR) is 110 cm³/mol. The average molecular weight is 408 g/mol. The highest BCUT2D eigenvalue weighted by Crippen LogP contribution is 2.26. The van der Waals surface area contributed by atoms with Crippen LogP contribution in [0.4, 0.5) is 4.39 Å². The summed E-state index contributed by atoms with van der Waals surface area (Å²) in [4.78, 5) is 17.7. The van der Waals surface area contributed by atoms with Gasteiger partial charge in [0.15, 0.2) is 0 Å². The molecule has 154 valence electrons. The van der Waals surface area contributed by atoms with E-state index in [1.54, 1.807) is 37.8 Å². The van der Waals surface area contributed by atoms with Gasteiger partial charge < -0.3 is 14.4 Å². The van der Waals surface area contributed by atoms with Crippen molar-refractivity contribution in [2.24, 2.45) is 0 Å². The second-order valence-corrected chi connectivity index (χ2v) is 7.06. The van der Waals surface area contributed by atoms with E-state index >= 15 is 0 Å². The van der Waals surface area contributed by atoms with Gasteiger partial charge in [-0.2, -0.15) is 5.10 Å². The molecule has 0 amide bonds. The van der Waals surface area contributed by atoms with Crippen molar-refractivity contribution < 1.29 is 14.2 Å². The maximum Gasteiger partial charge on any atom is 0.277 e. The first-order valence-corrected chi connectivity index (χ1v) is 9.41. The van der Waals surface area contributed by atoms with Gasteiger partial charge >= 0.3 is 0 Å². The minimum absolute atomic E-state index is 0.250. The summed E-state index contributed by atoms with van der Waals surface area (Å²) in [7, 11) is 1.61. The first-order valence-electron chi connectivity index (χ1n) is 9.41. The average Bonchev–Trinajstić information content (AvgIpc) is 3.12. The molecule has 0 aliphatic rings. The summed E-state index contributed by atoms with van der Waals surface area (Å²) in [5, 5.41) is 14.4. The summed E-state index contributed by atoms with van der Waals surface area (Å²) < 4.78 is 21.7. The van der Waals surface area contributed by atoms with Gasteiger partial charge in [-0.15, -0.1) is 0 Å². The highest BCUT2D eigenvalue weighted by Gasteiger charge is 2.19. The van der Waals surface area contributed by atoms with Crippen LogP contribution in [0.5, 0.6) is 5.75 Å². The SMILES string of the molecule is COc1c(C)cnc(Cn2ccn3nc(-c4ccc(F)cc4)c(CO)c3c2=O)c1C. The number of hydrogen-bond donors (Lipinski definition) is 1. The summed E-state index contributed by atoms with van der Waals surface area (Å²) >= 11 is 0. The third-order valence-corrected chi connectivity index (χ3v) is 5.21. The van der Waals surface area contributed by atoms with Crippen LogP contribution in [0, 0.1) is 19.7 Å². The minimum atomic E-state index is -0.370. The lowest BCUT2D eigenvalue weighted by Gasteiger charge is -2.13. The number of hydrogen-bond acceptors (Lipinski definition) is 5. The van der Waals surface area contributed by atoms with Crippen LogP contribution in [0.15, 0.2) is 47.7 Å². The number of aromatic nitrogens is 4. The van der Waals surface area contributed by atoms with E-state index in [0.717, 1.165) is 16.9 Å². The third kappa shape index (κ3) is 3.25. The van der Waals surface area contributed by atoms with E-state index in [4.69, 9.17) is 4.74 Å². The number of aryl methyl sites for hydroxylation is 1. The van der Waals surface area contributed by atoms with Gasteiger partial charge in [-0.05, 0) is 38.1 Å². The normalized spacial score (nSPS) is 11.2. The quantitative estimate of drug-likeness (QED) is 0.549. The second-order valence-electron chi connectivity index (χ2n) is 7.06. The van der Waals surface area contributed by atoms with Crippen LogP contribution in [0.3, 0.4) is 0 Å². The van der Waals surface area contributed by atoms with Crippen LogP contribution >= 0.6 is 0 Å². The summed E-state index contributed by atoms with van der Waals surface area (Å²) in [6.07, 6.45) is 5.00. The Balaban J connectivity index is 1.83. The van der Waals surface area contributed by atoms with E-state index in [2.05, 4.69) is 10.1 Å². The number of halogens is 1. The number of pyridine rings is 1. The zero-order chi connectivity index (χ0) is 21.4. The molecule has 0 fully saturated rings. The van der Waals surface area contributed by atoms with Gasteiger partial charge in [0.2, 0.25) is 0 Å². The maximum atomic E-state index is 13.3. The minimum Gasteiger partial charge on any atom is -0.496 e. The van der Waals surface area contributed by atoms with E-state index in [0.29, 0.717) is 22.5 Å². The molecule has 0 spiro atoms. The molecule has 1 aromatic carbocycles. The second kappa shape index (κ2) is 7.72. The van der Waals surface area contributed by atoms with Crippen molar-refractivity contribution >= 4 is 5.52 Å². The summed E-state index contributed by atoms with van der Waals surface area (Å²) in [6.45, 7) is 3.70. The van der Waals surface area contributed by atoms with Crippen LogP contribution < -0.4 is 10.3 Å². The molecule has 0 aliphatic heterocycles. The molecule has 0 radical (unpaired) electrons. The first-order chi connectivity index (χ1) is 14.4. The molecular formula is C22H21FN4O3. The van der Waals surface area contributed by atoms with Gasteiger partial charge in [-0.1, -0.05) is 0 Å². The maximum absolute atomic E-state index is 13.3. The zero-order valence-electron chi connectivity index (χ0n) is 16.9. The predicted octanol–water partition coefficient (Wildman–Crippen LogP) is 2.86. The lowest BCUT2D eigenvalue weighted by molar-refractivity contribution is 0.283. The van der Waals surface area contributed by atoms with Gasteiger partial charge in [0.25, 0.3) is 5.56 Å². The lowest BCUT2D eigenvalue weighted by Crippen LogP contribution is -2.23.